The number of hydrogen-bond acceptors (Lipinski definition) is 6. The maximum atomic E-state index is 13.4. The number of rotatable bonds is 17. The van der Waals surface area contributed by atoms with Crippen LogP contribution in [0.1, 0.15) is 57.1 Å². The van der Waals surface area contributed by atoms with Crippen molar-refractivity contribution in [3.05, 3.63) is 65.7 Å². The predicted molar refractivity (Wildman–Crippen MR) is 149 cm³/mol. The molecular weight excluding hydrogens is 514 g/mol. The summed E-state index contributed by atoms with van der Waals surface area (Å²) < 4.78 is 0. The van der Waals surface area contributed by atoms with Crippen molar-refractivity contribution in [2.24, 2.45) is 5.92 Å². The second-order valence-corrected chi connectivity index (χ2v) is 10.2. The maximum absolute atomic E-state index is 13.4. The Labute approximate surface area is 234 Å². The monoisotopic (exact) mass is 553 g/mol. The number of aldehydes is 1. The number of hydrogen-bond donors (Lipinski definition) is 5. The van der Waals surface area contributed by atoms with Crippen LogP contribution in [0.15, 0.2) is 54.6 Å². The molecule has 3 atom stereocenters. The van der Waals surface area contributed by atoms with Crippen LogP contribution in [0, 0.1) is 5.92 Å². The van der Waals surface area contributed by atoms with Crippen molar-refractivity contribution in [2.45, 2.75) is 76.9 Å². The number of nitrogens with one attached hydrogen (secondary N) is 3. The molecule has 0 saturated heterocycles. The number of aryl methyl sites for hydroxylation is 1. The molecule has 2 aromatic rings. The van der Waals surface area contributed by atoms with Crippen LogP contribution in [-0.4, -0.2) is 58.3 Å². The quantitative estimate of drug-likeness (QED) is 0.188. The third-order valence-electron chi connectivity index (χ3n) is 6.24. The fourth-order valence-corrected chi connectivity index (χ4v) is 4.19. The molecule has 2 rings (SSSR count). The van der Waals surface area contributed by atoms with Crippen molar-refractivity contribution in [3.8, 4) is 5.75 Å². The van der Waals surface area contributed by atoms with Gasteiger partial charge >= 0.3 is 5.97 Å². The van der Waals surface area contributed by atoms with Gasteiger partial charge in [0.2, 0.25) is 17.7 Å². The second-order valence-electron chi connectivity index (χ2n) is 10.2. The Kier molecular flexibility index (Phi) is 13.4. The zero-order valence-electron chi connectivity index (χ0n) is 23.0. The van der Waals surface area contributed by atoms with Gasteiger partial charge in [-0.25, -0.2) is 0 Å². The minimum Gasteiger partial charge on any atom is -0.508 e. The zero-order valence-corrected chi connectivity index (χ0v) is 23.0. The molecule has 10 nitrogen and oxygen atoms in total. The van der Waals surface area contributed by atoms with E-state index in [1.54, 1.807) is 12.1 Å². The van der Waals surface area contributed by atoms with E-state index in [-0.39, 0.29) is 43.3 Å². The summed E-state index contributed by atoms with van der Waals surface area (Å²) in [6.07, 6.45) is 1.92. The molecule has 0 heterocycles. The molecule has 0 aliphatic heterocycles. The number of aliphatic carboxylic acids is 1. The number of phenols is 1. The first-order chi connectivity index (χ1) is 19.1. The van der Waals surface area contributed by atoms with E-state index in [0.717, 1.165) is 5.56 Å². The van der Waals surface area contributed by atoms with Crippen LogP contribution in [0.5, 0.6) is 5.75 Å². The first-order valence-corrected chi connectivity index (χ1v) is 13.5. The van der Waals surface area contributed by atoms with Gasteiger partial charge in [-0.1, -0.05) is 56.3 Å². The van der Waals surface area contributed by atoms with Gasteiger partial charge in [-0.05, 0) is 54.9 Å². The molecule has 10 heteroatoms. The fourth-order valence-electron chi connectivity index (χ4n) is 4.19. The molecular formula is C30H39N3O7. The van der Waals surface area contributed by atoms with Gasteiger partial charge in [0, 0.05) is 19.3 Å². The van der Waals surface area contributed by atoms with E-state index in [1.165, 1.54) is 12.1 Å². The molecule has 2 aromatic carbocycles. The molecule has 0 aromatic heterocycles. The molecule has 40 heavy (non-hydrogen) atoms. The van der Waals surface area contributed by atoms with Gasteiger partial charge in [-0.2, -0.15) is 0 Å². The Morgan fingerprint density at radius 1 is 0.825 bits per heavy atom. The highest BCUT2D eigenvalue weighted by Gasteiger charge is 2.28. The minimum absolute atomic E-state index is 0.0474. The molecule has 0 bridgehead atoms. The van der Waals surface area contributed by atoms with Crippen molar-refractivity contribution >= 4 is 30.0 Å². The number of aromatic hydroxyl groups is 1. The van der Waals surface area contributed by atoms with Crippen LogP contribution in [0.4, 0.5) is 0 Å². The first kappa shape index (κ1) is 32.0. The van der Waals surface area contributed by atoms with E-state index >= 15 is 0 Å². The Balaban J connectivity index is 2.14. The lowest BCUT2D eigenvalue weighted by atomic mass is 10.0. The van der Waals surface area contributed by atoms with E-state index < -0.39 is 35.9 Å². The number of carbonyl (C=O) groups is 5. The molecule has 0 spiro atoms. The molecule has 0 saturated carbocycles. The molecule has 3 amide bonds. The first-order valence-electron chi connectivity index (χ1n) is 13.5. The van der Waals surface area contributed by atoms with Gasteiger partial charge in [0.15, 0.2) is 0 Å². The highest BCUT2D eigenvalue weighted by molar-refractivity contribution is 5.93. The lowest BCUT2D eigenvalue weighted by Crippen LogP contribution is -2.55. The van der Waals surface area contributed by atoms with Crippen LogP contribution in [0.25, 0.3) is 0 Å². The molecule has 0 fully saturated rings. The minimum atomic E-state index is -1.23. The molecule has 5 N–H and O–H groups in total. The normalized spacial score (nSPS) is 13.1. The second kappa shape index (κ2) is 16.7. The van der Waals surface area contributed by atoms with Gasteiger partial charge in [0.05, 0.1) is 6.04 Å². The summed E-state index contributed by atoms with van der Waals surface area (Å²) in [5, 5.41) is 26.7. The lowest BCUT2D eigenvalue weighted by Gasteiger charge is -2.24. The number of carboxylic acids is 1. The number of amides is 3. The molecule has 0 aliphatic carbocycles. The predicted octanol–water partition coefficient (Wildman–Crippen LogP) is 2.52. The van der Waals surface area contributed by atoms with Crippen molar-refractivity contribution in [1.82, 2.24) is 16.0 Å². The average Bonchev–Trinajstić information content (AvgIpc) is 2.91. The molecule has 0 unspecified atom stereocenters. The smallest absolute Gasteiger partial charge is 0.303 e. The lowest BCUT2D eigenvalue weighted by molar-refractivity contribution is -0.138. The largest absolute Gasteiger partial charge is 0.508 e. The summed E-state index contributed by atoms with van der Waals surface area (Å²) in [6, 6.07) is 12.8. The van der Waals surface area contributed by atoms with E-state index in [2.05, 4.69) is 16.0 Å². The van der Waals surface area contributed by atoms with Crippen molar-refractivity contribution in [1.29, 1.82) is 0 Å². The van der Waals surface area contributed by atoms with Crippen LogP contribution in [0.3, 0.4) is 0 Å². The van der Waals surface area contributed by atoms with Gasteiger partial charge in [-0.15, -0.1) is 0 Å². The number of benzene rings is 2. The fraction of sp³-hybridized carbons (Fsp3) is 0.433. The maximum Gasteiger partial charge on any atom is 0.303 e. The summed E-state index contributed by atoms with van der Waals surface area (Å²) in [4.78, 5) is 61.8. The third kappa shape index (κ3) is 12.1. The van der Waals surface area contributed by atoms with Gasteiger partial charge in [0.25, 0.3) is 0 Å². The van der Waals surface area contributed by atoms with E-state index in [9.17, 15) is 29.1 Å². The van der Waals surface area contributed by atoms with Crippen LogP contribution >= 0.6 is 0 Å². The Morgan fingerprint density at radius 2 is 1.48 bits per heavy atom. The highest BCUT2D eigenvalue weighted by atomic mass is 16.4. The number of carboxylic acid groups (broad SMARTS) is 1. The SMILES string of the molecule is CC(C)C[C@@H](C=O)NC(=O)[C@H](CCC(=O)O)NC(=O)[C@H](Cc1ccc(O)cc1)NC(=O)CCCc1ccccc1. The van der Waals surface area contributed by atoms with Crippen LogP contribution in [-0.2, 0) is 36.8 Å². The zero-order chi connectivity index (χ0) is 29.5. The Morgan fingerprint density at radius 3 is 2.08 bits per heavy atom. The Hall–Kier alpha value is -4.21. The van der Waals surface area contributed by atoms with Crippen molar-refractivity contribution in [2.75, 3.05) is 0 Å². The van der Waals surface area contributed by atoms with Gasteiger partial charge < -0.3 is 31.0 Å². The number of phenolic OH excluding ortho intramolecular Hbond substituents is 1. The summed E-state index contributed by atoms with van der Waals surface area (Å²) in [6.45, 7) is 3.78. The van der Waals surface area contributed by atoms with E-state index in [1.807, 2.05) is 44.2 Å². The summed E-state index contributed by atoms with van der Waals surface area (Å²) in [5.41, 5.74) is 1.75. The van der Waals surface area contributed by atoms with Gasteiger partial charge in [-0.3, -0.25) is 19.2 Å². The average molecular weight is 554 g/mol. The van der Waals surface area contributed by atoms with E-state index in [0.29, 0.717) is 31.1 Å². The molecule has 216 valence electrons. The molecule has 0 aliphatic rings. The highest BCUT2D eigenvalue weighted by Crippen LogP contribution is 2.13. The van der Waals surface area contributed by atoms with Crippen molar-refractivity contribution < 1.29 is 34.2 Å². The standard InChI is InChI=1S/C30H39N3O7/c1-20(2)17-23(19-34)31-29(39)25(15-16-28(37)38)33-30(40)26(18-22-11-13-24(35)14-12-22)32-27(36)10-6-9-21-7-4-3-5-8-21/h3-5,7-8,11-14,19-20,23,25-26,35H,6,9-10,15-18H2,1-2H3,(H,31,39)(H,32,36)(H,33,40)(H,37,38)/t23-,25-,26-/m0/s1. The summed E-state index contributed by atoms with van der Waals surface area (Å²) in [5.74, 6) is -2.67. The summed E-state index contributed by atoms with van der Waals surface area (Å²) >= 11 is 0. The third-order valence-corrected chi connectivity index (χ3v) is 6.24. The van der Waals surface area contributed by atoms with Crippen molar-refractivity contribution in [3.63, 3.8) is 0 Å². The summed E-state index contributed by atoms with van der Waals surface area (Å²) in [7, 11) is 0. The number of carbonyl (C=O) groups excluding carboxylic acids is 4. The Bertz CT molecular complexity index is 1120. The van der Waals surface area contributed by atoms with E-state index in [4.69, 9.17) is 5.11 Å². The molecule has 0 radical (unpaired) electrons. The topological polar surface area (TPSA) is 162 Å². The van der Waals surface area contributed by atoms with Crippen LogP contribution < -0.4 is 16.0 Å². The van der Waals surface area contributed by atoms with Gasteiger partial charge in [0.1, 0.15) is 24.1 Å². The van der Waals surface area contributed by atoms with Crippen LogP contribution in [0.2, 0.25) is 0 Å².